The monoisotopic (exact) mass is 540 g/mol. The van der Waals surface area contributed by atoms with Crippen LogP contribution in [0.4, 0.5) is 18.9 Å². The molecule has 2 aromatic rings. The van der Waals surface area contributed by atoms with Crippen LogP contribution in [-0.2, 0) is 21.2 Å². The van der Waals surface area contributed by atoms with Crippen molar-refractivity contribution in [3.63, 3.8) is 0 Å². The molecule has 4 aliphatic rings. The van der Waals surface area contributed by atoms with Crippen LogP contribution < -0.4 is 10.6 Å². The van der Waals surface area contributed by atoms with Crippen LogP contribution in [0, 0.1) is 0 Å². The first-order valence-corrected chi connectivity index (χ1v) is 13.6. The van der Waals surface area contributed by atoms with E-state index in [1.165, 1.54) is 12.1 Å². The number of anilines is 1. The quantitative estimate of drug-likeness (QED) is 0.616. The van der Waals surface area contributed by atoms with E-state index < -0.39 is 23.1 Å². The van der Waals surface area contributed by atoms with Crippen LogP contribution in [0.2, 0.25) is 0 Å². The number of para-hydroxylation sites is 1. The van der Waals surface area contributed by atoms with Crippen molar-refractivity contribution >= 4 is 23.4 Å². The van der Waals surface area contributed by atoms with Crippen LogP contribution >= 0.6 is 0 Å². The second kappa shape index (κ2) is 9.66. The molecule has 1 aliphatic carbocycles. The zero-order valence-corrected chi connectivity index (χ0v) is 21.5. The van der Waals surface area contributed by atoms with Gasteiger partial charge in [0.05, 0.1) is 17.5 Å². The molecule has 0 bridgehead atoms. The zero-order valence-electron chi connectivity index (χ0n) is 21.5. The van der Waals surface area contributed by atoms with Crippen molar-refractivity contribution in [2.24, 2.45) is 0 Å². The number of benzene rings is 2. The maximum absolute atomic E-state index is 13.0. The van der Waals surface area contributed by atoms with E-state index in [0.29, 0.717) is 12.6 Å². The summed E-state index contributed by atoms with van der Waals surface area (Å²) in [4.78, 5) is 42.8. The van der Waals surface area contributed by atoms with Gasteiger partial charge in [-0.3, -0.25) is 19.3 Å². The standard InChI is InChI=1S/C29H31F3N4O3/c30-29(31,32)19-5-3-4-18(16-19)26(38)33-17-25(37)36-15-11-23-24(36)10-14-35(23)20-8-12-28(13-9-20)21-6-1-2-7-22(21)34-27(28)39/h1-7,16,20,23-24H,8-15,17H2,(H,33,38)(H,34,39)/t20?,23-,24-,28?/m0/s1. The zero-order chi connectivity index (χ0) is 27.4. The summed E-state index contributed by atoms with van der Waals surface area (Å²) < 4.78 is 38.9. The minimum absolute atomic E-state index is 0.0642. The Bertz CT molecular complexity index is 1300. The van der Waals surface area contributed by atoms with Crippen molar-refractivity contribution in [3.8, 4) is 0 Å². The van der Waals surface area contributed by atoms with Crippen molar-refractivity contribution in [2.75, 3.05) is 25.0 Å². The number of halogens is 3. The molecule has 7 nitrogen and oxygen atoms in total. The molecule has 39 heavy (non-hydrogen) atoms. The Hall–Kier alpha value is -3.40. The topological polar surface area (TPSA) is 81.8 Å². The smallest absolute Gasteiger partial charge is 0.343 e. The lowest BCUT2D eigenvalue weighted by atomic mass is 9.68. The number of carbonyl (C=O) groups is 3. The van der Waals surface area contributed by atoms with Crippen LogP contribution in [0.15, 0.2) is 48.5 Å². The summed E-state index contributed by atoms with van der Waals surface area (Å²) >= 11 is 0. The molecule has 2 N–H and O–H groups in total. The second-order valence-corrected chi connectivity index (χ2v) is 11.1. The maximum atomic E-state index is 13.0. The lowest BCUT2D eigenvalue weighted by molar-refractivity contribution is -0.137. The molecule has 2 atom stereocenters. The average molecular weight is 541 g/mol. The highest BCUT2D eigenvalue weighted by atomic mass is 19.4. The van der Waals surface area contributed by atoms with Gasteiger partial charge in [0.25, 0.3) is 5.91 Å². The summed E-state index contributed by atoms with van der Waals surface area (Å²) in [5.74, 6) is -0.815. The molecule has 2 saturated heterocycles. The number of carbonyl (C=O) groups excluding carboxylic acids is 3. The van der Waals surface area contributed by atoms with Gasteiger partial charge in [-0.25, -0.2) is 0 Å². The SMILES string of the molecule is O=C(NCC(=O)N1CC[C@H]2[C@@H]1CCN2C1CCC2(CC1)C(=O)Nc1ccccc12)c1cccc(C(F)(F)F)c1. The minimum Gasteiger partial charge on any atom is -0.343 e. The molecule has 3 aliphatic heterocycles. The fourth-order valence-corrected chi connectivity index (χ4v) is 7.28. The highest BCUT2D eigenvalue weighted by molar-refractivity contribution is 6.06. The third-order valence-electron chi connectivity index (χ3n) is 9.20. The number of hydrogen-bond donors (Lipinski definition) is 2. The Kier molecular flexibility index (Phi) is 6.40. The number of alkyl halides is 3. The number of likely N-dealkylation sites (tertiary alicyclic amines) is 2. The molecule has 10 heteroatoms. The van der Waals surface area contributed by atoms with Gasteiger partial charge in [-0.15, -0.1) is 0 Å². The summed E-state index contributed by atoms with van der Waals surface area (Å²) in [6.45, 7) is 1.23. The summed E-state index contributed by atoms with van der Waals surface area (Å²) in [7, 11) is 0. The molecular formula is C29H31F3N4O3. The van der Waals surface area contributed by atoms with E-state index in [2.05, 4.69) is 21.6 Å². The molecule has 3 fully saturated rings. The number of amides is 3. The highest BCUT2D eigenvalue weighted by Crippen LogP contribution is 2.49. The fourth-order valence-electron chi connectivity index (χ4n) is 7.28. The lowest BCUT2D eigenvalue weighted by Gasteiger charge is -2.41. The Balaban J connectivity index is 1.04. The third-order valence-corrected chi connectivity index (χ3v) is 9.20. The van der Waals surface area contributed by atoms with Gasteiger partial charge in [0.1, 0.15) is 0 Å². The number of nitrogens with zero attached hydrogens (tertiary/aromatic N) is 2. The molecule has 1 spiro atoms. The maximum Gasteiger partial charge on any atom is 0.416 e. The Morgan fingerprint density at radius 3 is 2.49 bits per heavy atom. The van der Waals surface area contributed by atoms with Gasteiger partial charge in [0.15, 0.2) is 0 Å². The van der Waals surface area contributed by atoms with E-state index in [0.717, 1.165) is 68.5 Å². The highest BCUT2D eigenvalue weighted by Gasteiger charge is 2.52. The summed E-state index contributed by atoms with van der Waals surface area (Å²) in [5, 5.41) is 5.56. The summed E-state index contributed by atoms with van der Waals surface area (Å²) in [5.41, 5.74) is 0.561. The van der Waals surface area contributed by atoms with Crippen molar-refractivity contribution < 1.29 is 27.6 Å². The van der Waals surface area contributed by atoms with Crippen molar-refractivity contribution in [1.29, 1.82) is 0 Å². The van der Waals surface area contributed by atoms with Gasteiger partial charge in [-0.05, 0) is 68.4 Å². The van der Waals surface area contributed by atoms with Crippen LogP contribution in [0.25, 0.3) is 0 Å². The van der Waals surface area contributed by atoms with E-state index in [1.54, 1.807) is 0 Å². The van der Waals surface area contributed by atoms with Crippen molar-refractivity contribution in [1.82, 2.24) is 15.1 Å². The van der Waals surface area contributed by atoms with E-state index in [9.17, 15) is 27.6 Å². The predicted molar refractivity (Wildman–Crippen MR) is 138 cm³/mol. The average Bonchev–Trinajstić information content (AvgIpc) is 3.61. The van der Waals surface area contributed by atoms with E-state index in [4.69, 9.17) is 0 Å². The van der Waals surface area contributed by atoms with Gasteiger partial charge in [-0.2, -0.15) is 13.2 Å². The molecule has 3 heterocycles. The molecule has 206 valence electrons. The first-order chi connectivity index (χ1) is 18.7. The molecule has 0 aromatic heterocycles. The van der Waals surface area contributed by atoms with Crippen LogP contribution in [0.1, 0.15) is 60.0 Å². The van der Waals surface area contributed by atoms with Gasteiger partial charge in [0, 0.05) is 42.5 Å². The molecule has 1 saturated carbocycles. The molecular weight excluding hydrogens is 509 g/mol. The Morgan fingerprint density at radius 1 is 0.974 bits per heavy atom. The number of fused-ring (bicyclic) bond motifs is 3. The predicted octanol–water partition coefficient (Wildman–Crippen LogP) is 3.94. The molecule has 0 radical (unpaired) electrons. The molecule has 0 unspecified atom stereocenters. The van der Waals surface area contributed by atoms with Crippen molar-refractivity contribution in [2.45, 2.75) is 68.2 Å². The summed E-state index contributed by atoms with van der Waals surface area (Å²) in [6, 6.07) is 12.8. The van der Waals surface area contributed by atoms with Gasteiger partial charge in [-0.1, -0.05) is 24.3 Å². The number of nitrogens with one attached hydrogen (secondary N) is 2. The second-order valence-electron chi connectivity index (χ2n) is 11.1. The summed E-state index contributed by atoms with van der Waals surface area (Å²) in [6.07, 6.45) is 0.610. The van der Waals surface area contributed by atoms with Gasteiger partial charge >= 0.3 is 6.18 Å². The Morgan fingerprint density at radius 2 is 1.72 bits per heavy atom. The largest absolute Gasteiger partial charge is 0.416 e. The first kappa shape index (κ1) is 25.9. The number of hydrogen-bond acceptors (Lipinski definition) is 4. The molecule has 6 rings (SSSR count). The van der Waals surface area contributed by atoms with Crippen LogP contribution in [0.5, 0.6) is 0 Å². The minimum atomic E-state index is -4.54. The number of rotatable bonds is 4. The molecule has 2 aromatic carbocycles. The molecule has 3 amide bonds. The van der Waals surface area contributed by atoms with E-state index >= 15 is 0 Å². The van der Waals surface area contributed by atoms with Crippen LogP contribution in [0.3, 0.4) is 0 Å². The lowest BCUT2D eigenvalue weighted by Crippen LogP contribution is -2.48. The van der Waals surface area contributed by atoms with E-state index in [1.807, 2.05) is 23.1 Å². The Labute approximate surface area is 224 Å². The van der Waals surface area contributed by atoms with Gasteiger partial charge in [0.2, 0.25) is 11.8 Å². The third kappa shape index (κ3) is 4.48. The van der Waals surface area contributed by atoms with Gasteiger partial charge < -0.3 is 15.5 Å². The fraction of sp³-hybridized carbons (Fsp3) is 0.483. The first-order valence-electron chi connectivity index (χ1n) is 13.6. The van der Waals surface area contributed by atoms with E-state index in [-0.39, 0.29) is 36.0 Å². The normalized spacial score (nSPS) is 28.3. The van der Waals surface area contributed by atoms with Crippen molar-refractivity contribution in [3.05, 3.63) is 65.2 Å². The van der Waals surface area contributed by atoms with Crippen LogP contribution in [-0.4, -0.2) is 65.3 Å².